The fraction of sp³-hybridized carbons (Fsp3) is 0.364. The Bertz CT molecular complexity index is 971. The first kappa shape index (κ1) is 19.6. The third kappa shape index (κ3) is 4.85. The molecule has 0 saturated heterocycles. The Morgan fingerprint density at radius 2 is 1.97 bits per heavy atom. The molecular weight excluding hydrogens is 388 g/mol. The van der Waals surface area contributed by atoms with Crippen molar-refractivity contribution in [3.05, 3.63) is 59.0 Å². The topological polar surface area (TPSA) is 66.6 Å². The average Bonchev–Trinajstić information content (AvgIpc) is 3.31. The molecule has 7 heteroatoms. The number of fused-ring (bicyclic) bond motifs is 1. The molecule has 6 nitrogen and oxygen atoms in total. The molecule has 0 amide bonds. The second-order valence-electron chi connectivity index (χ2n) is 6.99. The van der Waals surface area contributed by atoms with Crippen LogP contribution in [0.3, 0.4) is 0 Å². The van der Waals surface area contributed by atoms with Gasteiger partial charge in [-0.1, -0.05) is 29.5 Å². The van der Waals surface area contributed by atoms with Crippen molar-refractivity contribution in [3.8, 4) is 17.2 Å². The molecule has 1 atom stereocenters. The van der Waals surface area contributed by atoms with Gasteiger partial charge in [0, 0.05) is 23.3 Å². The molecule has 0 fully saturated rings. The van der Waals surface area contributed by atoms with Crippen molar-refractivity contribution >= 4 is 11.8 Å². The highest BCUT2D eigenvalue weighted by molar-refractivity contribution is 7.98. The first-order valence-electron chi connectivity index (χ1n) is 9.70. The number of aromatic nitrogens is 2. The van der Waals surface area contributed by atoms with Crippen molar-refractivity contribution in [1.82, 2.24) is 10.2 Å². The molecule has 0 radical (unpaired) electrons. The van der Waals surface area contributed by atoms with E-state index in [1.807, 2.05) is 38.1 Å². The lowest BCUT2D eigenvalue weighted by Crippen LogP contribution is -2.05. The number of hydrogen-bond acceptors (Lipinski definition) is 7. The Hall–Kier alpha value is -2.67. The van der Waals surface area contributed by atoms with Gasteiger partial charge in [0.05, 0.1) is 6.61 Å². The monoisotopic (exact) mass is 412 g/mol. The van der Waals surface area contributed by atoms with E-state index in [2.05, 4.69) is 29.3 Å². The van der Waals surface area contributed by atoms with Crippen molar-refractivity contribution in [2.24, 2.45) is 0 Å². The zero-order chi connectivity index (χ0) is 20.2. The van der Waals surface area contributed by atoms with Gasteiger partial charge in [0.1, 0.15) is 23.4 Å². The van der Waals surface area contributed by atoms with Gasteiger partial charge < -0.3 is 18.6 Å². The Kier molecular flexibility index (Phi) is 5.94. The first-order valence-corrected chi connectivity index (χ1v) is 10.7. The van der Waals surface area contributed by atoms with Crippen LogP contribution in [0.25, 0.3) is 0 Å². The number of thioether (sulfide) groups is 1. The van der Waals surface area contributed by atoms with Crippen molar-refractivity contribution in [3.63, 3.8) is 0 Å². The van der Waals surface area contributed by atoms with Crippen LogP contribution in [0, 0.1) is 6.92 Å². The Morgan fingerprint density at radius 1 is 1.14 bits per heavy atom. The van der Waals surface area contributed by atoms with E-state index in [1.54, 1.807) is 0 Å². The van der Waals surface area contributed by atoms with Crippen LogP contribution >= 0.6 is 11.8 Å². The number of benzene rings is 2. The van der Waals surface area contributed by atoms with Gasteiger partial charge in [-0.25, -0.2) is 0 Å². The molecule has 0 N–H and O–H groups in total. The highest BCUT2D eigenvalue weighted by Crippen LogP contribution is 2.37. The molecule has 4 rings (SSSR count). The van der Waals surface area contributed by atoms with Gasteiger partial charge in [-0.15, -0.1) is 10.2 Å². The van der Waals surface area contributed by atoms with E-state index < -0.39 is 0 Å². The third-order valence-corrected chi connectivity index (χ3v) is 5.43. The van der Waals surface area contributed by atoms with E-state index >= 15 is 0 Å². The van der Waals surface area contributed by atoms with Gasteiger partial charge in [-0.05, 0) is 45.0 Å². The Labute approximate surface area is 174 Å². The number of rotatable bonds is 8. The fourth-order valence-electron chi connectivity index (χ4n) is 3.16. The Morgan fingerprint density at radius 3 is 2.76 bits per heavy atom. The quantitative estimate of drug-likeness (QED) is 0.484. The molecule has 1 aliphatic heterocycles. The van der Waals surface area contributed by atoms with Crippen LogP contribution in [-0.4, -0.2) is 22.9 Å². The summed E-state index contributed by atoms with van der Waals surface area (Å²) in [6.07, 6.45) is 1.12. The summed E-state index contributed by atoms with van der Waals surface area (Å²) in [7, 11) is 0. The minimum absolute atomic E-state index is 0.203. The number of hydrogen-bond donors (Lipinski definition) is 0. The summed E-state index contributed by atoms with van der Waals surface area (Å²) in [5, 5.41) is 8.69. The summed E-state index contributed by atoms with van der Waals surface area (Å²) in [4.78, 5) is 0. The lowest BCUT2D eigenvalue weighted by molar-refractivity contribution is 0.252. The van der Waals surface area contributed by atoms with E-state index in [0.29, 0.717) is 23.5 Å². The molecular formula is C22H24N2O4S. The molecule has 29 heavy (non-hydrogen) atoms. The summed E-state index contributed by atoms with van der Waals surface area (Å²) in [6.45, 7) is 6.96. The van der Waals surface area contributed by atoms with Crippen molar-refractivity contribution < 1.29 is 18.6 Å². The van der Waals surface area contributed by atoms with Crippen LogP contribution in [0.5, 0.6) is 17.2 Å². The predicted octanol–water partition coefficient (Wildman–Crippen LogP) is 4.97. The maximum Gasteiger partial charge on any atom is 0.277 e. The largest absolute Gasteiger partial charge is 0.494 e. The SMILES string of the molecule is CCOc1cc2c(cc1CSc1nnc(COc3ccc(C)cc3)o1)OC(C)C2. The van der Waals surface area contributed by atoms with Gasteiger partial charge in [-0.3, -0.25) is 0 Å². The molecule has 0 aliphatic carbocycles. The van der Waals surface area contributed by atoms with Crippen molar-refractivity contribution in [2.45, 2.75) is 50.9 Å². The lowest BCUT2D eigenvalue weighted by atomic mass is 10.1. The second-order valence-corrected chi connectivity index (χ2v) is 7.91. The molecule has 0 saturated carbocycles. The zero-order valence-electron chi connectivity index (χ0n) is 16.8. The second kappa shape index (κ2) is 8.78. The molecule has 1 aromatic heterocycles. The highest BCUT2D eigenvalue weighted by Gasteiger charge is 2.22. The molecule has 1 aliphatic rings. The maximum absolute atomic E-state index is 5.89. The molecule has 2 heterocycles. The van der Waals surface area contributed by atoms with Crippen LogP contribution < -0.4 is 14.2 Å². The molecule has 152 valence electrons. The lowest BCUT2D eigenvalue weighted by Gasteiger charge is -2.11. The van der Waals surface area contributed by atoms with E-state index in [4.69, 9.17) is 18.6 Å². The molecule has 3 aromatic rings. The number of nitrogens with zero attached hydrogens (tertiary/aromatic N) is 2. The highest BCUT2D eigenvalue weighted by atomic mass is 32.2. The van der Waals surface area contributed by atoms with E-state index in [9.17, 15) is 0 Å². The van der Waals surface area contributed by atoms with Crippen LogP contribution in [0.15, 0.2) is 46.0 Å². The van der Waals surface area contributed by atoms with Crippen LogP contribution in [0.4, 0.5) is 0 Å². The van der Waals surface area contributed by atoms with E-state index in [0.717, 1.165) is 29.2 Å². The average molecular weight is 413 g/mol. The van der Waals surface area contributed by atoms with Crippen LogP contribution in [0.2, 0.25) is 0 Å². The molecule has 0 spiro atoms. The standard InChI is InChI=1S/C22H24N2O4S/c1-4-25-19-10-16-9-15(3)27-20(16)11-17(19)13-29-22-24-23-21(28-22)12-26-18-7-5-14(2)6-8-18/h5-8,10-11,15H,4,9,12-13H2,1-3H3. The molecule has 1 unspecified atom stereocenters. The first-order chi connectivity index (χ1) is 14.1. The maximum atomic E-state index is 5.89. The fourth-order valence-corrected chi connectivity index (χ4v) is 3.92. The molecule has 0 bridgehead atoms. The summed E-state index contributed by atoms with van der Waals surface area (Å²) in [5.41, 5.74) is 3.44. The van der Waals surface area contributed by atoms with Gasteiger partial charge in [-0.2, -0.15) is 0 Å². The number of aryl methyl sites for hydroxylation is 1. The summed E-state index contributed by atoms with van der Waals surface area (Å²) in [6, 6.07) is 12.0. The molecule has 2 aromatic carbocycles. The van der Waals surface area contributed by atoms with Gasteiger partial charge in [0.25, 0.3) is 11.1 Å². The smallest absolute Gasteiger partial charge is 0.277 e. The van der Waals surface area contributed by atoms with Gasteiger partial charge >= 0.3 is 0 Å². The summed E-state index contributed by atoms with van der Waals surface area (Å²) < 4.78 is 23.1. The number of ether oxygens (including phenoxy) is 3. The van der Waals surface area contributed by atoms with E-state index in [-0.39, 0.29) is 12.7 Å². The van der Waals surface area contributed by atoms with Crippen LogP contribution in [0.1, 0.15) is 36.4 Å². The van der Waals surface area contributed by atoms with E-state index in [1.165, 1.54) is 22.9 Å². The van der Waals surface area contributed by atoms with Crippen molar-refractivity contribution in [1.29, 1.82) is 0 Å². The van der Waals surface area contributed by atoms with Gasteiger partial charge in [0.15, 0.2) is 6.61 Å². The van der Waals surface area contributed by atoms with Gasteiger partial charge in [0.2, 0.25) is 0 Å². The predicted molar refractivity (Wildman–Crippen MR) is 111 cm³/mol. The van der Waals surface area contributed by atoms with Crippen molar-refractivity contribution in [2.75, 3.05) is 6.61 Å². The van der Waals surface area contributed by atoms with Crippen LogP contribution in [-0.2, 0) is 18.8 Å². The normalized spacial score (nSPS) is 15.1. The third-order valence-electron chi connectivity index (χ3n) is 4.56. The minimum atomic E-state index is 0.203. The minimum Gasteiger partial charge on any atom is -0.494 e. The Balaban J connectivity index is 1.38. The summed E-state index contributed by atoms with van der Waals surface area (Å²) in [5.74, 6) is 3.70. The summed E-state index contributed by atoms with van der Waals surface area (Å²) >= 11 is 1.47. The zero-order valence-corrected chi connectivity index (χ0v) is 17.6.